The van der Waals surface area contributed by atoms with E-state index < -0.39 is 0 Å². The van der Waals surface area contributed by atoms with Crippen molar-refractivity contribution in [2.75, 3.05) is 6.54 Å². The molecule has 0 spiro atoms. The van der Waals surface area contributed by atoms with E-state index in [2.05, 4.69) is 56.4 Å². The average Bonchev–Trinajstić information content (AvgIpc) is 2.85. The molecule has 0 radical (unpaired) electrons. The summed E-state index contributed by atoms with van der Waals surface area (Å²) < 4.78 is 5.86. The molecule has 0 saturated heterocycles. The zero-order chi connectivity index (χ0) is 15.2. The van der Waals surface area contributed by atoms with Crippen LogP contribution in [0, 0.1) is 12.8 Å². The lowest BCUT2D eigenvalue weighted by Gasteiger charge is -2.18. The van der Waals surface area contributed by atoms with Gasteiger partial charge in [-0.2, -0.15) is 0 Å². The van der Waals surface area contributed by atoms with Crippen LogP contribution >= 0.6 is 0 Å². The van der Waals surface area contributed by atoms with E-state index in [1.807, 2.05) is 13.0 Å². The Morgan fingerprint density at radius 2 is 1.95 bits per heavy atom. The molecular weight excluding hydrogens is 258 g/mol. The summed E-state index contributed by atoms with van der Waals surface area (Å²) in [6.45, 7) is 9.69. The second kappa shape index (κ2) is 7.46. The van der Waals surface area contributed by atoms with Gasteiger partial charge in [0.1, 0.15) is 11.5 Å². The van der Waals surface area contributed by atoms with Gasteiger partial charge in [0.15, 0.2) is 0 Å². The first-order valence-electron chi connectivity index (χ1n) is 7.98. The van der Waals surface area contributed by atoms with Crippen LogP contribution in [0.1, 0.15) is 55.9 Å². The van der Waals surface area contributed by atoms with Crippen LogP contribution in [-0.4, -0.2) is 6.54 Å². The van der Waals surface area contributed by atoms with Crippen LogP contribution in [0.2, 0.25) is 0 Å². The molecule has 1 aromatic carbocycles. The summed E-state index contributed by atoms with van der Waals surface area (Å²) in [5, 5.41) is 3.60. The predicted molar refractivity (Wildman–Crippen MR) is 88.6 cm³/mol. The van der Waals surface area contributed by atoms with Gasteiger partial charge in [-0.25, -0.2) is 0 Å². The predicted octanol–water partition coefficient (Wildman–Crippen LogP) is 4.88. The first-order chi connectivity index (χ1) is 10.1. The monoisotopic (exact) mass is 285 g/mol. The first-order valence-corrected chi connectivity index (χ1v) is 7.98. The number of rotatable bonds is 7. The zero-order valence-electron chi connectivity index (χ0n) is 13.6. The van der Waals surface area contributed by atoms with Crippen LogP contribution in [0.15, 0.2) is 40.8 Å². The minimum Gasteiger partial charge on any atom is -0.464 e. The largest absolute Gasteiger partial charge is 0.464 e. The molecule has 1 N–H and O–H groups in total. The van der Waals surface area contributed by atoms with E-state index in [1.54, 1.807) is 0 Å². The Morgan fingerprint density at radius 1 is 1.14 bits per heavy atom. The highest BCUT2D eigenvalue weighted by Crippen LogP contribution is 2.25. The Bertz CT molecular complexity index is 556. The molecule has 0 amide bonds. The topological polar surface area (TPSA) is 25.2 Å². The van der Waals surface area contributed by atoms with Crippen molar-refractivity contribution in [2.45, 2.75) is 46.6 Å². The van der Waals surface area contributed by atoms with Crippen molar-refractivity contribution in [1.29, 1.82) is 0 Å². The molecule has 0 aliphatic heterocycles. The lowest BCUT2D eigenvalue weighted by atomic mass is 9.97. The summed E-state index contributed by atoms with van der Waals surface area (Å²) in [5.41, 5.74) is 2.69. The second-order valence-corrected chi connectivity index (χ2v) is 6.18. The molecule has 2 rings (SSSR count). The van der Waals surface area contributed by atoms with E-state index in [4.69, 9.17) is 4.42 Å². The molecule has 1 heterocycles. The number of hydrogen-bond acceptors (Lipinski definition) is 2. The maximum atomic E-state index is 5.86. The Hall–Kier alpha value is -1.54. The smallest absolute Gasteiger partial charge is 0.125 e. The van der Waals surface area contributed by atoms with Crippen LogP contribution in [-0.2, 0) is 6.42 Å². The normalized spacial score (nSPS) is 12.8. The molecular formula is C19H27NO. The summed E-state index contributed by atoms with van der Waals surface area (Å²) in [7, 11) is 0. The summed E-state index contributed by atoms with van der Waals surface area (Å²) in [5.74, 6) is 2.64. The van der Waals surface area contributed by atoms with Gasteiger partial charge < -0.3 is 9.73 Å². The minimum absolute atomic E-state index is 0.144. The molecule has 1 atom stereocenters. The Labute approximate surface area is 128 Å². The maximum absolute atomic E-state index is 5.86. The van der Waals surface area contributed by atoms with Crippen LogP contribution in [0.3, 0.4) is 0 Å². The van der Waals surface area contributed by atoms with Gasteiger partial charge in [-0.05, 0) is 55.5 Å². The highest BCUT2D eigenvalue weighted by atomic mass is 16.3. The number of furan rings is 1. The number of hydrogen-bond donors (Lipinski definition) is 1. The third-order valence-electron chi connectivity index (χ3n) is 3.57. The number of aryl methyl sites for hydroxylation is 1. The summed E-state index contributed by atoms with van der Waals surface area (Å²) in [6, 6.07) is 13.1. The SMILES string of the molecule is CCCNC(c1cccc(CC(C)C)c1)c1ccc(C)o1. The van der Waals surface area contributed by atoms with Gasteiger partial charge in [-0.1, -0.05) is 45.0 Å². The Morgan fingerprint density at radius 3 is 2.57 bits per heavy atom. The van der Waals surface area contributed by atoms with E-state index in [1.165, 1.54) is 11.1 Å². The third-order valence-corrected chi connectivity index (χ3v) is 3.57. The van der Waals surface area contributed by atoms with Crippen molar-refractivity contribution in [3.05, 3.63) is 59.0 Å². The van der Waals surface area contributed by atoms with Gasteiger partial charge in [0.25, 0.3) is 0 Å². The van der Waals surface area contributed by atoms with Crippen LogP contribution in [0.4, 0.5) is 0 Å². The van der Waals surface area contributed by atoms with Gasteiger partial charge in [-0.3, -0.25) is 0 Å². The van der Waals surface area contributed by atoms with E-state index >= 15 is 0 Å². The Kier molecular flexibility index (Phi) is 5.63. The van der Waals surface area contributed by atoms with Gasteiger partial charge in [0, 0.05) is 0 Å². The molecule has 114 valence electrons. The van der Waals surface area contributed by atoms with Crippen molar-refractivity contribution < 1.29 is 4.42 Å². The van der Waals surface area contributed by atoms with Crippen molar-refractivity contribution in [1.82, 2.24) is 5.32 Å². The van der Waals surface area contributed by atoms with Crippen molar-refractivity contribution >= 4 is 0 Å². The quantitative estimate of drug-likeness (QED) is 0.784. The lowest BCUT2D eigenvalue weighted by molar-refractivity contribution is 0.430. The molecule has 0 saturated carbocycles. The van der Waals surface area contributed by atoms with Crippen LogP contribution in [0.25, 0.3) is 0 Å². The molecule has 2 nitrogen and oxygen atoms in total. The van der Waals surface area contributed by atoms with Crippen LogP contribution in [0.5, 0.6) is 0 Å². The molecule has 2 aromatic rings. The summed E-state index contributed by atoms with van der Waals surface area (Å²) in [6.07, 6.45) is 2.23. The third kappa shape index (κ3) is 4.47. The fourth-order valence-corrected chi connectivity index (χ4v) is 2.65. The fraction of sp³-hybridized carbons (Fsp3) is 0.474. The average molecular weight is 285 g/mol. The molecule has 0 aliphatic carbocycles. The highest BCUT2D eigenvalue weighted by molar-refractivity contribution is 5.31. The lowest BCUT2D eigenvalue weighted by Crippen LogP contribution is -2.23. The molecule has 1 aromatic heterocycles. The number of benzene rings is 1. The van der Waals surface area contributed by atoms with Crippen molar-refractivity contribution in [3.63, 3.8) is 0 Å². The highest BCUT2D eigenvalue weighted by Gasteiger charge is 2.17. The summed E-state index contributed by atoms with van der Waals surface area (Å²) >= 11 is 0. The molecule has 21 heavy (non-hydrogen) atoms. The minimum atomic E-state index is 0.144. The number of nitrogens with one attached hydrogen (secondary N) is 1. The molecule has 2 heteroatoms. The molecule has 0 aliphatic rings. The van der Waals surface area contributed by atoms with Crippen molar-refractivity contribution in [3.8, 4) is 0 Å². The van der Waals surface area contributed by atoms with E-state index in [0.29, 0.717) is 5.92 Å². The Balaban J connectivity index is 2.27. The molecule has 1 unspecified atom stereocenters. The van der Waals surface area contributed by atoms with Gasteiger partial charge in [-0.15, -0.1) is 0 Å². The van der Waals surface area contributed by atoms with Gasteiger partial charge >= 0.3 is 0 Å². The van der Waals surface area contributed by atoms with Gasteiger partial charge in [0.2, 0.25) is 0 Å². The molecule has 0 fully saturated rings. The second-order valence-electron chi connectivity index (χ2n) is 6.18. The van der Waals surface area contributed by atoms with Gasteiger partial charge in [0.05, 0.1) is 6.04 Å². The van der Waals surface area contributed by atoms with E-state index in [0.717, 1.165) is 30.9 Å². The maximum Gasteiger partial charge on any atom is 0.125 e. The molecule has 0 bridgehead atoms. The van der Waals surface area contributed by atoms with E-state index in [-0.39, 0.29) is 6.04 Å². The first kappa shape index (κ1) is 15.8. The standard InChI is InChI=1S/C19H27NO/c1-5-11-20-19(18-10-9-15(4)21-18)17-8-6-7-16(13-17)12-14(2)3/h6-10,13-14,19-20H,5,11-12H2,1-4H3. The zero-order valence-corrected chi connectivity index (χ0v) is 13.6. The summed E-state index contributed by atoms with van der Waals surface area (Å²) in [4.78, 5) is 0. The fourth-order valence-electron chi connectivity index (χ4n) is 2.65. The van der Waals surface area contributed by atoms with Crippen molar-refractivity contribution in [2.24, 2.45) is 5.92 Å². The van der Waals surface area contributed by atoms with Crippen LogP contribution < -0.4 is 5.32 Å². The van der Waals surface area contributed by atoms with E-state index in [9.17, 15) is 0 Å².